The first kappa shape index (κ1) is 29.3. The van der Waals surface area contributed by atoms with Gasteiger partial charge in [0, 0.05) is 37.8 Å². The molecule has 2 N–H and O–H groups in total. The van der Waals surface area contributed by atoms with Crippen molar-refractivity contribution in [1.82, 2.24) is 4.90 Å². The van der Waals surface area contributed by atoms with Crippen molar-refractivity contribution in [1.29, 1.82) is 0 Å². The number of fused-ring (bicyclic) bond motifs is 1. The van der Waals surface area contributed by atoms with E-state index in [-0.39, 0.29) is 32.1 Å². The summed E-state index contributed by atoms with van der Waals surface area (Å²) in [6.45, 7) is 3.75. The van der Waals surface area contributed by atoms with E-state index >= 15 is 0 Å². The molecule has 2 heterocycles. The van der Waals surface area contributed by atoms with Crippen LogP contribution in [-0.4, -0.2) is 109 Å². The standard InChI is InChI=1S/C31H39NO11S/c1-5-32-25-30-19(39-3)11-12-27(2,26(32)35)22(30)23(33)31(25)29(40-15-41-31)14-18(42-24(34)16-9-7-6-8-10-16)17-13-28(30,36)21(29)20(17)43-44(4,37)38/h6-10,17-23,25,33,36H,5,11-15H2,1-4H3/t17-,18+,19+,20+,21+,22-,23+,25+,27-,28+,29-,30-,31-/m1/s1. The normalized spacial score (nSPS) is 51.3. The number of amides is 1. The molecule has 1 aromatic rings. The Labute approximate surface area is 256 Å². The van der Waals surface area contributed by atoms with Gasteiger partial charge in [-0.15, -0.1) is 0 Å². The molecule has 1 aromatic carbocycles. The van der Waals surface area contributed by atoms with Gasteiger partial charge in [0.2, 0.25) is 5.91 Å². The fourth-order valence-corrected chi connectivity index (χ4v) is 12.6. The van der Waals surface area contributed by atoms with E-state index in [1.807, 2.05) is 13.8 Å². The second kappa shape index (κ2) is 8.81. The molecule has 13 heteroatoms. The maximum absolute atomic E-state index is 14.3. The number of methoxy groups -OCH3 is 1. The Morgan fingerprint density at radius 3 is 2.55 bits per heavy atom. The van der Waals surface area contributed by atoms with Crippen molar-refractivity contribution in [3.8, 4) is 0 Å². The Bertz CT molecular complexity index is 1540. The predicted molar refractivity (Wildman–Crippen MR) is 150 cm³/mol. The quantitative estimate of drug-likeness (QED) is 0.338. The van der Waals surface area contributed by atoms with Crippen molar-refractivity contribution in [2.45, 2.75) is 86.8 Å². The van der Waals surface area contributed by atoms with E-state index in [9.17, 15) is 28.2 Å². The minimum Gasteiger partial charge on any atom is -0.458 e. The first-order valence-corrected chi connectivity index (χ1v) is 17.3. The van der Waals surface area contributed by atoms with Gasteiger partial charge >= 0.3 is 5.97 Å². The van der Waals surface area contributed by atoms with Gasteiger partial charge in [-0.2, -0.15) is 8.42 Å². The van der Waals surface area contributed by atoms with Gasteiger partial charge in [-0.25, -0.2) is 4.79 Å². The van der Waals surface area contributed by atoms with E-state index < -0.39 is 91.9 Å². The van der Waals surface area contributed by atoms with Crippen molar-refractivity contribution in [2.24, 2.45) is 28.6 Å². The molecule has 5 saturated carbocycles. The van der Waals surface area contributed by atoms with Crippen LogP contribution in [0.25, 0.3) is 0 Å². The molecule has 7 fully saturated rings. The smallest absolute Gasteiger partial charge is 0.338 e. The molecule has 44 heavy (non-hydrogen) atoms. The number of aliphatic hydroxyl groups excluding tert-OH is 1. The monoisotopic (exact) mass is 633 g/mol. The second-order valence-electron chi connectivity index (χ2n) is 14.2. The molecule has 13 atom stereocenters. The number of likely N-dealkylation sites (tertiary alicyclic amines) is 1. The number of carbonyl (C=O) groups excluding carboxylic acids is 2. The number of likely N-dealkylation sites (N-methyl/N-ethyl adjacent to an activating group) is 1. The summed E-state index contributed by atoms with van der Waals surface area (Å²) in [4.78, 5) is 29.5. The lowest BCUT2D eigenvalue weighted by molar-refractivity contribution is -0.320. The Morgan fingerprint density at radius 2 is 1.89 bits per heavy atom. The molecular weight excluding hydrogens is 594 g/mol. The van der Waals surface area contributed by atoms with E-state index in [4.69, 9.17) is 23.1 Å². The van der Waals surface area contributed by atoms with Crippen LogP contribution in [0, 0.1) is 28.6 Å². The summed E-state index contributed by atoms with van der Waals surface area (Å²) in [5.74, 6) is -3.23. The van der Waals surface area contributed by atoms with E-state index in [2.05, 4.69) is 0 Å². The zero-order chi connectivity index (χ0) is 31.2. The van der Waals surface area contributed by atoms with Crippen LogP contribution < -0.4 is 0 Å². The number of esters is 1. The summed E-state index contributed by atoms with van der Waals surface area (Å²) in [5.41, 5.74) is -6.88. The van der Waals surface area contributed by atoms with E-state index in [1.54, 1.807) is 42.3 Å². The Kier molecular flexibility index (Phi) is 5.86. The van der Waals surface area contributed by atoms with Crippen LogP contribution in [0.5, 0.6) is 0 Å². The minimum absolute atomic E-state index is 0.00676. The van der Waals surface area contributed by atoms with Crippen LogP contribution in [0.2, 0.25) is 0 Å². The SMILES string of the molecule is CCN1C(=O)[C@]2(C)CC[C@H](OC)[C@@]34[C@H]1[C@]1(OCO[C@@]15C[C@H](OC(=O)c1ccccc1)[C@H]1C[C@]3(O)[C@@H]5[C@H]1OS(C)(=O)=O)[C@@H](O)[C@@H]42. The molecule has 7 bridgehead atoms. The molecule has 1 amide bonds. The van der Waals surface area contributed by atoms with Gasteiger partial charge in [0.1, 0.15) is 24.1 Å². The van der Waals surface area contributed by atoms with Crippen molar-refractivity contribution < 1.29 is 51.4 Å². The van der Waals surface area contributed by atoms with Crippen molar-refractivity contribution in [3.05, 3.63) is 35.9 Å². The minimum atomic E-state index is -4.08. The van der Waals surface area contributed by atoms with Gasteiger partial charge in [0.25, 0.3) is 10.1 Å². The summed E-state index contributed by atoms with van der Waals surface area (Å²) >= 11 is 0. The topological polar surface area (TPSA) is 158 Å². The molecule has 8 rings (SSSR count). The first-order chi connectivity index (χ1) is 20.8. The summed E-state index contributed by atoms with van der Waals surface area (Å²) in [6, 6.07) is 7.60. The van der Waals surface area contributed by atoms with Gasteiger partial charge in [-0.05, 0) is 38.3 Å². The maximum Gasteiger partial charge on any atom is 0.338 e. The number of ether oxygens (including phenoxy) is 4. The lowest BCUT2D eigenvalue weighted by Crippen LogP contribution is -2.86. The summed E-state index contributed by atoms with van der Waals surface area (Å²) in [7, 11) is -2.51. The third-order valence-corrected chi connectivity index (χ3v) is 13.4. The number of nitrogens with zero attached hydrogens (tertiary/aromatic N) is 1. The van der Waals surface area contributed by atoms with Crippen molar-refractivity contribution in [2.75, 3.05) is 26.7 Å². The number of carbonyl (C=O) groups is 2. The van der Waals surface area contributed by atoms with Crippen LogP contribution in [0.1, 0.15) is 49.9 Å². The van der Waals surface area contributed by atoms with Gasteiger partial charge in [0.15, 0.2) is 0 Å². The molecule has 12 nitrogen and oxygen atoms in total. The molecule has 5 aliphatic carbocycles. The zero-order valence-corrected chi connectivity index (χ0v) is 26.0. The number of hydrogen-bond acceptors (Lipinski definition) is 11. The third kappa shape index (κ3) is 2.95. The van der Waals surface area contributed by atoms with Gasteiger partial charge < -0.3 is 34.1 Å². The van der Waals surface area contributed by atoms with Crippen LogP contribution in [0.4, 0.5) is 0 Å². The molecule has 2 saturated heterocycles. The average molecular weight is 634 g/mol. The fourth-order valence-electron chi connectivity index (χ4n) is 11.9. The third-order valence-electron chi connectivity index (χ3n) is 12.8. The second-order valence-corrected chi connectivity index (χ2v) is 15.8. The van der Waals surface area contributed by atoms with Crippen LogP contribution in [0.15, 0.2) is 30.3 Å². The van der Waals surface area contributed by atoms with Gasteiger partial charge in [0.05, 0.1) is 52.6 Å². The van der Waals surface area contributed by atoms with Gasteiger partial charge in [-0.3, -0.25) is 8.98 Å². The van der Waals surface area contributed by atoms with Crippen LogP contribution >= 0.6 is 0 Å². The average Bonchev–Trinajstić information content (AvgIpc) is 3.52. The number of aliphatic hydroxyl groups is 2. The lowest BCUT2D eigenvalue weighted by Gasteiger charge is -2.71. The largest absolute Gasteiger partial charge is 0.458 e. The molecule has 7 aliphatic rings. The highest BCUT2D eigenvalue weighted by molar-refractivity contribution is 7.86. The lowest BCUT2D eigenvalue weighted by atomic mass is 9.41. The summed E-state index contributed by atoms with van der Waals surface area (Å²) in [5, 5.41) is 26.2. The molecular formula is C31H39NO11S. The Balaban J connectivity index is 1.40. The number of piperidine rings is 1. The highest BCUT2D eigenvalue weighted by atomic mass is 32.2. The fraction of sp³-hybridized carbons (Fsp3) is 0.742. The Hall–Kier alpha value is -2.13. The van der Waals surface area contributed by atoms with E-state index in [1.165, 1.54) is 0 Å². The molecule has 2 aliphatic heterocycles. The van der Waals surface area contributed by atoms with Crippen molar-refractivity contribution >= 4 is 22.0 Å². The number of benzene rings is 1. The van der Waals surface area contributed by atoms with Crippen molar-refractivity contribution in [3.63, 3.8) is 0 Å². The van der Waals surface area contributed by atoms with Gasteiger partial charge in [-0.1, -0.05) is 25.1 Å². The summed E-state index contributed by atoms with van der Waals surface area (Å²) < 4.78 is 57.0. The van der Waals surface area contributed by atoms with Crippen LogP contribution in [-0.2, 0) is 38.0 Å². The molecule has 0 aromatic heterocycles. The first-order valence-electron chi connectivity index (χ1n) is 15.4. The number of hydrogen-bond donors (Lipinski definition) is 2. The highest BCUT2D eigenvalue weighted by Gasteiger charge is 2.98. The number of rotatable bonds is 6. The molecule has 3 spiro atoms. The Morgan fingerprint density at radius 1 is 1.16 bits per heavy atom. The highest BCUT2D eigenvalue weighted by Crippen LogP contribution is 2.83. The van der Waals surface area contributed by atoms with Crippen LogP contribution in [0.3, 0.4) is 0 Å². The predicted octanol–water partition coefficient (Wildman–Crippen LogP) is 0.846. The summed E-state index contributed by atoms with van der Waals surface area (Å²) in [6.07, 6.45) is -2.15. The maximum atomic E-state index is 14.3. The molecule has 240 valence electrons. The molecule has 0 unspecified atom stereocenters. The zero-order valence-electron chi connectivity index (χ0n) is 25.2. The molecule has 0 radical (unpaired) electrons. The van der Waals surface area contributed by atoms with E-state index in [0.717, 1.165) is 6.26 Å². The van der Waals surface area contributed by atoms with E-state index in [0.29, 0.717) is 18.4 Å².